The first-order valence-electron chi connectivity index (χ1n) is 19.8. The van der Waals surface area contributed by atoms with Gasteiger partial charge in [0.25, 0.3) is 0 Å². The minimum absolute atomic E-state index is 1.12. The topological polar surface area (TPSA) is 6.48 Å². The predicted octanol–water partition coefficient (Wildman–Crippen LogP) is 15.9. The van der Waals surface area contributed by atoms with Gasteiger partial charge in [0.05, 0.1) is 0 Å². The van der Waals surface area contributed by atoms with E-state index in [9.17, 15) is 0 Å². The Bertz CT molecular complexity index is 2920. The summed E-state index contributed by atoms with van der Waals surface area (Å²) in [4.78, 5) is 4.59. The zero-order valence-electron chi connectivity index (χ0n) is 32.0. The molecule has 0 saturated carbocycles. The van der Waals surface area contributed by atoms with Crippen molar-refractivity contribution in [3.05, 3.63) is 241 Å². The van der Waals surface area contributed by atoms with E-state index in [-0.39, 0.29) is 0 Å². The first-order valence-corrected chi connectivity index (χ1v) is 19.8. The zero-order chi connectivity index (χ0) is 38.7. The van der Waals surface area contributed by atoms with Gasteiger partial charge in [-0.3, -0.25) is 0 Å². The summed E-state index contributed by atoms with van der Waals surface area (Å²) in [6, 6.07) is 77.9. The highest BCUT2D eigenvalue weighted by atomic mass is 15.1. The van der Waals surface area contributed by atoms with Gasteiger partial charge in [0, 0.05) is 34.1 Å². The van der Waals surface area contributed by atoms with Crippen LogP contribution >= 0.6 is 0 Å². The maximum absolute atomic E-state index is 2.34. The SMILES string of the molecule is C(=C\c1ccc2c(/C=C/c3ccc(N(c4ccccc4)c4ccccc4)cc3)cc3cccc4ccc1c2c43)/c1ccc(N(c2ccccc2)c2ccccc2)cc1. The molecule has 0 radical (unpaired) electrons. The molecule has 0 fully saturated rings. The Balaban J connectivity index is 0.967. The molecular weight excluding hydrogens is 701 g/mol. The van der Waals surface area contributed by atoms with E-state index in [1.54, 1.807) is 0 Å². The van der Waals surface area contributed by atoms with Crippen LogP contribution in [0.1, 0.15) is 22.3 Å². The molecule has 0 unspecified atom stereocenters. The van der Waals surface area contributed by atoms with Crippen molar-refractivity contribution in [3.8, 4) is 0 Å². The van der Waals surface area contributed by atoms with Gasteiger partial charge < -0.3 is 9.80 Å². The molecule has 0 saturated heterocycles. The Morgan fingerprint density at radius 3 is 1.14 bits per heavy atom. The third kappa shape index (κ3) is 6.78. The summed E-state index contributed by atoms with van der Waals surface area (Å²) < 4.78 is 0. The van der Waals surface area contributed by atoms with Gasteiger partial charge in [-0.15, -0.1) is 0 Å². The first-order chi connectivity index (χ1) is 28.8. The number of hydrogen-bond acceptors (Lipinski definition) is 2. The zero-order valence-corrected chi connectivity index (χ0v) is 32.0. The van der Waals surface area contributed by atoms with Gasteiger partial charge in [-0.2, -0.15) is 0 Å². The molecule has 0 bridgehead atoms. The second-order valence-corrected chi connectivity index (χ2v) is 14.6. The van der Waals surface area contributed by atoms with Crippen molar-refractivity contribution in [2.24, 2.45) is 0 Å². The molecule has 0 aliphatic heterocycles. The number of rotatable bonds is 10. The summed E-state index contributed by atoms with van der Waals surface area (Å²) in [5.74, 6) is 0. The third-order valence-electron chi connectivity index (χ3n) is 11.0. The highest BCUT2D eigenvalue weighted by Gasteiger charge is 2.15. The van der Waals surface area contributed by atoms with E-state index in [0.29, 0.717) is 0 Å². The van der Waals surface area contributed by atoms with Crippen LogP contribution in [0.25, 0.3) is 56.6 Å². The van der Waals surface area contributed by atoms with Gasteiger partial charge in [0.2, 0.25) is 0 Å². The fourth-order valence-electron chi connectivity index (χ4n) is 8.21. The lowest BCUT2D eigenvalue weighted by atomic mass is 9.89. The van der Waals surface area contributed by atoms with Crippen LogP contribution in [0.4, 0.5) is 34.1 Å². The molecule has 0 aromatic heterocycles. The van der Waals surface area contributed by atoms with E-state index in [0.717, 1.165) is 45.3 Å². The van der Waals surface area contributed by atoms with Gasteiger partial charge in [-0.1, -0.05) is 164 Å². The van der Waals surface area contributed by atoms with Crippen molar-refractivity contribution in [1.29, 1.82) is 0 Å². The molecule has 10 aromatic carbocycles. The summed E-state index contributed by atoms with van der Waals surface area (Å²) in [5.41, 5.74) is 11.5. The maximum atomic E-state index is 2.34. The van der Waals surface area contributed by atoms with Crippen LogP contribution < -0.4 is 9.80 Å². The number of hydrogen-bond donors (Lipinski definition) is 0. The Morgan fingerprint density at radius 2 is 0.655 bits per heavy atom. The quantitative estimate of drug-likeness (QED) is 0.102. The minimum atomic E-state index is 1.12. The number of para-hydroxylation sites is 4. The fourth-order valence-corrected chi connectivity index (χ4v) is 8.21. The molecule has 10 aromatic rings. The average Bonchev–Trinajstić information content (AvgIpc) is 3.29. The highest BCUT2D eigenvalue weighted by Crippen LogP contribution is 2.40. The molecular formula is C56H40N2. The summed E-state index contributed by atoms with van der Waals surface area (Å²) in [7, 11) is 0. The van der Waals surface area contributed by atoms with Crippen molar-refractivity contribution in [2.45, 2.75) is 0 Å². The molecule has 0 N–H and O–H groups in total. The van der Waals surface area contributed by atoms with Crippen LogP contribution in [0.15, 0.2) is 218 Å². The second kappa shape index (κ2) is 15.5. The summed E-state index contributed by atoms with van der Waals surface area (Å²) in [5, 5.41) is 7.67. The van der Waals surface area contributed by atoms with Crippen LogP contribution in [0, 0.1) is 0 Å². The van der Waals surface area contributed by atoms with Crippen LogP contribution in [0.5, 0.6) is 0 Å². The standard InChI is InChI=1S/C56H40N2/c1-5-16-47(17-6-1)57(48-18-7-2-8-19-48)51-34-26-41(27-35-51)24-30-43-32-38-54-45(40-46-15-13-14-44-33-39-53(43)56(54)55(44)46)31-25-42-28-36-52(37-29-42)58(49-20-9-3-10-21-49)50-22-11-4-12-23-50/h1-40H/b30-24+,31-25+. The predicted molar refractivity (Wildman–Crippen MR) is 250 cm³/mol. The molecule has 10 rings (SSSR count). The Morgan fingerprint density at radius 1 is 0.259 bits per heavy atom. The van der Waals surface area contributed by atoms with Crippen molar-refractivity contribution in [1.82, 2.24) is 0 Å². The van der Waals surface area contributed by atoms with Crippen LogP contribution in [0.3, 0.4) is 0 Å². The van der Waals surface area contributed by atoms with Gasteiger partial charge in [-0.25, -0.2) is 0 Å². The third-order valence-corrected chi connectivity index (χ3v) is 11.0. The van der Waals surface area contributed by atoms with Gasteiger partial charge >= 0.3 is 0 Å². The van der Waals surface area contributed by atoms with Crippen molar-refractivity contribution in [3.63, 3.8) is 0 Å². The molecule has 274 valence electrons. The minimum Gasteiger partial charge on any atom is -0.311 e. The van der Waals surface area contributed by atoms with Gasteiger partial charge in [0.15, 0.2) is 0 Å². The van der Waals surface area contributed by atoms with Gasteiger partial charge in [-0.05, 0) is 133 Å². The fraction of sp³-hybridized carbons (Fsp3) is 0. The van der Waals surface area contributed by atoms with E-state index in [1.165, 1.54) is 43.4 Å². The molecule has 0 spiro atoms. The maximum Gasteiger partial charge on any atom is 0.0462 e. The Hall–Kier alpha value is -7.68. The average molecular weight is 741 g/mol. The molecule has 0 atom stereocenters. The summed E-state index contributed by atoms with van der Waals surface area (Å²) in [6.07, 6.45) is 9.00. The lowest BCUT2D eigenvalue weighted by Crippen LogP contribution is -2.09. The van der Waals surface area contributed by atoms with Crippen molar-refractivity contribution >= 4 is 90.7 Å². The van der Waals surface area contributed by atoms with Gasteiger partial charge in [0.1, 0.15) is 0 Å². The molecule has 2 nitrogen and oxygen atoms in total. The highest BCUT2D eigenvalue weighted by molar-refractivity contribution is 6.26. The molecule has 0 aliphatic rings. The first kappa shape index (κ1) is 34.8. The monoisotopic (exact) mass is 740 g/mol. The molecule has 0 amide bonds. The van der Waals surface area contributed by atoms with E-state index >= 15 is 0 Å². The molecule has 0 heterocycles. The number of anilines is 6. The summed E-state index contributed by atoms with van der Waals surface area (Å²) >= 11 is 0. The van der Waals surface area contributed by atoms with Crippen molar-refractivity contribution < 1.29 is 0 Å². The lowest BCUT2D eigenvalue weighted by Gasteiger charge is -2.25. The van der Waals surface area contributed by atoms with E-state index in [4.69, 9.17) is 0 Å². The Labute approximate surface area is 339 Å². The molecule has 0 aliphatic carbocycles. The van der Waals surface area contributed by atoms with Crippen LogP contribution in [0.2, 0.25) is 0 Å². The molecule has 58 heavy (non-hydrogen) atoms. The lowest BCUT2D eigenvalue weighted by molar-refractivity contribution is 1.28. The van der Waals surface area contributed by atoms with E-state index < -0.39 is 0 Å². The smallest absolute Gasteiger partial charge is 0.0462 e. The Kier molecular flexibility index (Phi) is 9.27. The van der Waals surface area contributed by atoms with E-state index in [2.05, 4.69) is 252 Å². The molecule has 2 heteroatoms. The van der Waals surface area contributed by atoms with Crippen molar-refractivity contribution in [2.75, 3.05) is 9.80 Å². The second-order valence-electron chi connectivity index (χ2n) is 14.6. The van der Waals surface area contributed by atoms with E-state index in [1.807, 2.05) is 0 Å². The normalized spacial score (nSPS) is 11.7. The largest absolute Gasteiger partial charge is 0.311 e. The number of benzene rings is 10. The number of nitrogens with zero attached hydrogens (tertiary/aromatic N) is 2. The summed E-state index contributed by atoms with van der Waals surface area (Å²) in [6.45, 7) is 0. The van der Waals surface area contributed by atoms with Crippen LogP contribution in [-0.4, -0.2) is 0 Å². The van der Waals surface area contributed by atoms with Crippen LogP contribution in [-0.2, 0) is 0 Å².